The molecule has 0 fully saturated rings. The monoisotopic (exact) mass is 420 g/mol. The zero-order chi connectivity index (χ0) is 21.8. The van der Waals surface area contributed by atoms with Gasteiger partial charge in [-0.15, -0.1) is 0 Å². The number of fused-ring (bicyclic) bond motifs is 1. The minimum absolute atomic E-state index is 0.102. The van der Waals surface area contributed by atoms with E-state index >= 15 is 0 Å². The van der Waals surface area contributed by atoms with E-state index in [4.69, 9.17) is 4.42 Å². The smallest absolute Gasteiger partial charge is 0.313 e. The Balaban J connectivity index is 1.42. The Kier molecular flexibility index (Phi) is 5.65. The van der Waals surface area contributed by atoms with E-state index in [1.165, 1.54) is 29.8 Å². The van der Waals surface area contributed by atoms with Crippen molar-refractivity contribution in [3.63, 3.8) is 0 Å². The molecule has 0 saturated carbocycles. The molecule has 1 atom stereocenters. The molecule has 3 aromatic rings. The lowest BCUT2D eigenvalue weighted by Gasteiger charge is -2.29. The minimum atomic E-state index is -0.853. The third-order valence-electron chi connectivity index (χ3n) is 5.17. The van der Waals surface area contributed by atoms with Crippen LogP contribution < -0.4 is 15.5 Å². The van der Waals surface area contributed by atoms with Crippen molar-refractivity contribution in [2.24, 2.45) is 0 Å². The second-order valence-corrected chi connectivity index (χ2v) is 7.07. The van der Waals surface area contributed by atoms with Gasteiger partial charge >= 0.3 is 11.8 Å². The molecule has 9 heteroatoms. The van der Waals surface area contributed by atoms with E-state index < -0.39 is 16.7 Å². The Morgan fingerprint density at radius 2 is 1.84 bits per heavy atom. The van der Waals surface area contributed by atoms with E-state index in [1.54, 1.807) is 12.3 Å². The molecule has 2 aromatic carbocycles. The molecule has 9 nitrogen and oxygen atoms in total. The summed E-state index contributed by atoms with van der Waals surface area (Å²) in [6, 6.07) is 16.7. The highest BCUT2D eigenvalue weighted by atomic mass is 16.6. The number of non-ortho nitro benzene ring substituents is 1. The average Bonchev–Trinajstić information content (AvgIpc) is 3.45. The maximum absolute atomic E-state index is 12.4. The fraction of sp³-hybridized carbons (Fsp3) is 0.182. The van der Waals surface area contributed by atoms with Gasteiger partial charge in [0.15, 0.2) is 0 Å². The number of nitrogens with one attached hydrogen (secondary N) is 2. The first-order chi connectivity index (χ1) is 15.0. The van der Waals surface area contributed by atoms with Crippen molar-refractivity contribution in [1.82, 2.24) is 5.32 Å². The zero-order valence-corrected chi connectivity index (χ0v) is 16.5. The normalized spacial score (nSPS) is 13.4. The Labute approximate surface area is 177 Å². The highest BCUT2D eigenvalue weighted by molar-refractivity contribution is 6.39. The molecule has 1 aromatic heterocycles. The van der Waals surface area contributed by atoms with Crippen LogP contribution in [0, 0.1) is 10.1 Å². The van der Waals surface area contributed by atoms with Gasteiger partial charge in [0.2, 0.25) is 0 Å². The van der Waals surface area contributed by atoms with Crippen LogP contribution in [0.2, 0.25) is 0 Å². The van der Waals surface area contributed by atoms with Crippen LogP contribution in [0.4, 0.5) is 17.1 Å². The van der Waals surface area contributed by atoms with Crippen molar-refractivity contribution in [3.8, 4) is 0 Å². The summed E-state index contributed by atoms with van der Waals surface area (Å²) in [6.45, 7) is 0.948. The summed E-state index contributed by atoms with van der Waals surface area (Å²) in [5, 5.41) is 15.8. The van der Waals surface area contributed by atoms with E-state index in [9.17, 15) is 19.7 Å². The largest absolute Gasteiger partial charge is 0.467 e. The number of nitro benzene ring substituents is 1. The number of anilines is 2. The second-order valence-electron chi connectivity index (χ2n) is 7.07. The lowest BCUT2D eigenvalue weighted by atomic mass is 10.1. The first kappa shape index (κ1) is 20.1. The van der Waals surface area contributed by atoms with Crippen molar-refractivity contribution >= 4 is 28.9 Å². The fourth-order valence-corrected chi connectivity index (χ4v) is 3.66. The van der Waals surface area contributed by atoms with Gasteiger partial charge < -0.3 is 20.0 Å². The number of amides is 2. The molecule has 0 aliphatic carbocycles. The first-order valence-electron chi connectivity index (χ1n) is 9.74. The van der Waals surface area contributed by atoms with Gasteiger partial charge in [-0.1, -0.05) is 18.2 Å². The molecule has 2 heterocycles. The maximum Gasteiger partial charge on any atom is 0.313 e. The standard InChI is InChI=1S/C22H20N4O5/c27-21(22(28)24-16-7-9-17(10-8-16)26(29)30)23-14-19(20-6-3-13-31-20)25-12-11-15-4-1-2-5-18(15)25/h1-10,13,19H,11-12,14H2,(H,23,27)(H,24,28)/t19-/m1/s1. The molecule has 0 bridgehead atoms. The van der Waals surface area contributed by atoms with Gasteiger partial charge in [0.05, 0.1) is 11.2 Å². The molecule has 0 spiro atoms. The fourth-order valence-electron chi connectivity index (χ4n) is 3.66. The van der Waals surface area contributed by atoms with Crippen molar-refractivity contribution in [2.45, 2.75) is 12.5 Å². The Morgan fingerprint density at radius 1 is 1.06 bits per heavy atom. The van der Waals surface area contributed by atoms with Crippen molar-refractivity contribution < 1.29 is 18.9 Å². The van der Waals surface area contributed by atoms with Crippen LogP contribution in [-0.4, -0.2) is 29.8 Å². The maximum atomic E-state index is 12.4. The number of furan rings is 1. The molecule has 2 amide bonds. The van der Waals surface area contributed by atoms with E-state index in [2.05, 4.69) is 21.6 Å². The van der Waals surface area contributed by atoms with E-state index in [1.807, 2.05) is 24.3 Å². The number of nitro groups is 1. The van der Waals surface area contributed by atoms with Crippen molar-refractivity contribution in [3.05, 3.63) is 88.4 Å². The number of hydrogen-bond acceptors (Lipinski definition) is 6. The van der Waals surface area contributed by atoms with Gasteiger partial charge in [-0.05, 0) is 42.3 Å². The zero-order valence-electron chi connectivity index (χ0n) is 16.5. The number of rotatable bonds is 6. The number of benzene rings is 2. The molecule has 0 radical (unpaired) electrons. The van der Waals surface area contributed by atoms with Gasteiger partial charge in [-0.25, -0.2) is 0 Å². The number of nitrogens with zero attached hydrogens (tertiary/aromatic N) is 2. The number of para-hydroxylation sites is 1. The van der Waals surface area contributed by atoms with E-state index in [0.29, 0.717) is 11.4 Å². The summed E-state index contributed by atoms with van der Waals surface area (Å²) in [6.07, 6.45) is 2.47. The summed E-state index contributed by atoms with van der Waals surface area (Å²) in [4.78, 5) is 37.0. The van der Waals surface area contributed by atoms with Crippen LogP contribution in [0.3, 0.4) is 0 Å². The Hall–Kier alpha value is -4.14. The molecule has 2 N–H and O–H groups in total. The molecule has 31 heavy (non-hydrogen) atoms. The molecule has 0 saturated heterocycles. The van der Waals surface area contributed by atoms with Crippen molar-refractivity contribution in [1.29, 1.82) is 0 Å². The highest BCUT2D eigenvalue weighted by Crippen LogP contribution is 2.34. The molecule has 1 aliphatic rings. The number of carbonyl (C=O) groups is 2. The van der Waals surface area contributed by atoms with Crippen LogP contribution >= 0.6 is 0 Å². The molecule has 1 aliphatic heterocycles. The van der Waals surface area contributed by atoms with Crippen LogP contribution in [-0.2, 0) is 16.0 Å². The van der Waals surface area contributed by atoms with Gasteiger partial charge in [-0.3, -0.25) is 19.7 Å². The lowest BCUT2D eigenvalue weighted by Crippen LogP contribution is -2.41. The molecular formula is C22H20N4O5. The SMILES string of the molecule is O=C(NC[C@H](c1ccco1)N1CCc2ccccc21)C(=O)Nc1ccc([N+](=O)[O-])cc1. The predicted octanol–water partition coefficient (Wildman–Crippen LogP) is 3.05. The third-order valence-corrected chi connectivity index (χ3v) is 5.17. The summed E-state index contributed by atoms with van der Waals surface area (Å²) in [5.41, 5.74) is 2.49. The van der Waals surface area contributed by atoms with E-state index in [0.717, 1.165) is 18.7 Å². The Morgan fingerprint density at radius 3 is 2.55 bits per heavy atom. The molecule has 158 valence electrons. The topological polar surface area (TPSA) is 118 Å². The second kappa shape index (κ2) is 8.70. The van der Waals surface area contributed by atoms with Crippen molar-refractivity contribution in [2.75, 3.05) is 23.3 Å². The highest BCUT2D eigenvalue weighted by Gasteiger charge is 2.29. The van der Waals surface area contributed by atoms with Crippen LogP contribution in [0.15, 0.2) is 71.3 Å². The quantitative estimate of drug-likeness (QED) is 0.360. The van der Waals surface area contributed by atoms with Crippen LogP contribution in [0.5, 0.6) is 0 Å². The lowest BCUT2D eigenvalue weighted by molar-refractivity contribution is -0.384. The van der Waals surface area contributed by atoms with Crippen LogP contribution in [0.1, 0.15) is 17.4 Å². The summed E-state index contributed by atoms with van der Waals surface area (Å²) >= 11 is 0. The molecule has 0 unspecified atom stereocenters. The average molecular weight is 420 g/mol. The van der Waals surface area contributed by atoms with Gasteiger partial charge in [0, 0.05) is 36.6 Å². The van der Waals surface area contributed by atoms with Gasteiger partial charge in [0.25, 0.3) is 5.69 Å². The number of hydrogen-bond donors (Lipinski definition) is 2. The van der Waals surface area contributed by atoms with E-state index in [-0.39, 0.29) is 18.3 Å². The number of carbonyl (C=O) groups excluding carboxylic acids is 2. The third kappa shape index (κ3) is 4.40. The molecular weight excluding hydrogens is 400 g/mol. The summed E-state index contributed by atoms with van der Waals surface area (Å²) < 4.78 is 5.59. The molecule has 4 rings (SSSR count). The first-order valence-corrected chi connectivity index (χ1v) is 9.74. The van der Waals surface area contributed by atoms with Gasteiger partial charge in [-0.2, -0.15) is 0 Å². The van der Waals surface area contributed by atoms with Gasteiger partial charge in [0.1, 0.15) is 11.8 Å². The minimum Gasteiger partial charge on any atom is -0.467 e. The Bertz CT molecular complexity index is 1100. The summed E-state index contributed by atoms with van der Waals surface area (Å²) in [5.74, 6) is -0.968. The summed E-state index contributed by atoms with van der Waals surface area (Å²) in [7, 11) is 0. The predicted molar refractivity (Wildman–Crippen MR) is 114 cm³/mol. The van der Waals surface area contributed by atoms with Crippen LogP contribution in [0.25, 0.3) is 0 Å².